The molecule has 3 nitrogen and oxygen atoms in total. The number of carboxylic acid groups (broad SMARTS) is 2. The third kappa shape index (κ3) is 180. The van der Waals surface area contributed by atoms with Gasteiger partial charge in [-0.05, 0) is 0 Å². The topological polar surface area (TPSA) is 57.5 Å². The SMILES string of the molecule is O=C(O)O.[Al+3].[Mg+2]. The van der Waals surface area contributed by atoms with E-state index in [2.05, 4.69) is 0 Å². The first-order chi connectivity index (χ1) is 1.73. The van der Waals surface area contributed by atoms with Crippen LogP contribution in [0.5, 0.6) is 0 Å². The molecule has 0 unspecified atom stereocenters. The standard InChI is InChI=1S/CH2O3.Al.Mg/c2-1(3)4;;/h(H2,2,3,4);;/q;+3;+2. The summed E-state index contributed by atoms with van der Waals surface area (Å²) in [4.78, 5) is 8.56. The number of hydrogen-bond donors (Lipinski definition) is 2. The predicted molar refractivity (Wildman–Crippen MR) is 22.2 cm³/mol. The van der Waals surface area contributed by atoms with Gasteiger partial charge in [-0.15, -0.1) is 0 Å². The first-order valence-corrected chi connectivity index (χ1v) is 0.651. The van der Waals surface area contributed by atoms with E-state index in [1.807, 2.05) is 0 Å². The van der Waals surface area contributed by atoms with Crippen molar-refractivity contribution in [3.05, 3.63) is 0 Å². The van der Waals surface area contributed by atoms with Crippen LogP contribution in [0.25, 0.3) is 0 Å². The minimum absolute atomic E-state index is 0. The van der Waals surface area contributed by atoms with Crippen LogP contribution >= 0.6 is 0 Å². The summed E-state index contributed by atoms with van der Waals surface area (Å²) in [5.74, 6) is 0. The molecule has 0 saturated carbocycles. The molecule has 0 aliphatic heterocycles. The van der Waals surface area contributed by atoms with Gasteiger partial charge in [0.05, 0.1) is 0 Å². The Kier molecular flexibility index (Phi) is 24.3. The van der Waals surface area contributed by atoms with Gasteiger partial charge in [0.25, 0.3) is 0 Å². The van der Waals surface area contributed by atoms with Crippen molar-refractivity contribution in [2.24, 2.45) is 0 Å². The molecule has 5 heteroatoms. The second-order valence-corrected chi connectivity index (χ2v) is 0.283. The summed E-state index contributed by atoms with van der Waals surface area (Å²) in [7, 11) is 0. The van der Waals surface area contributed by atoms with E-state index in [1.54, 1.807) is 0 Å². The Morgan fingerprint density at radius 3 is 1.33 bits per heavy atom. The van der Waals surface area contributed by atoms with E-state index in [4.69, 9.17) is 15.0 Å². The van der Waals surface area contributed by atoms with E-state index < -0.39 is 6.16 Å². The van der Waals surface area contributed by atoms with Gasteiger partial charge in [0.2, 0.25) is 0 Å². The van der Waals surface area contributed by atoms with Gasteiger partial charge in [-0.25, -0.2) is 4.79 Å². The normalized spacial score (nSPS) is 4.00. The van der Waals surface area contributed by atoms with Gasteiger partial charge in [0, 0.05) is 0 Å². The van der Waals surface area contributed by atoms with Gasteiger partial charge in [-0.3, -0.25) is 0 Å². The third-order valence-electron chi connectivity index (χ3n) is 0. The van der Waals surface area contributed by atoms with E-state index in [-0.39, 0.29) is 40.4 Å². The Balaban J connectivity index is -0.0000000450. The maximum absolute atomic E-state index is 8.56. The molecule has 0 aromatic rings. The van der Waals surface area contributed by atoms with Crippen molar-refractivity contribution < 1.29 is 15.0 Å². The molecular weight excluding hydrogens is 111 g/mol. The van der Waals surface area contributed by atoms with Crippen molar-refractivity contribution in [3.8, 4) is 0 Å². The van der Waals surface area contributed by atoms with Crippen molar-refractivity contribution in [1.29, 1.82) is 0 Å². The number of hydrogen-bond acceptors (Lipinski definition) is 1. The largest absolute Gasteiger partial charge is 3.00 e. The first-order valence-electron chi connectivity index (χ1n) is 0.651. The first kappa shape index (κ1) is 16.0. The van der Waals surface area contributed by atoms with Gasteiger partial charge in [-0.2, -0.15) is 0 Å². The van der Waals surface area contributed by atoms with Crippen LogP contribution in [0.4, 0.5) is 4.79 Å². The van der Waals surface area contributed by atoms with Gasteiger partial charge in [-0.1, -0.05) is 0 Å². The van der Waals surface area contributed by atoms with Crippen LogP contribution in [0, 0.1) is 0 Å². The van der Waals surface area contributed by atoms with Crippen LogP contribution in [0.2, 0.25) is 0 Å². The summed E-state index contributed by atoms with van der Waals surface area (Å²) in [6.07, 6.45) is -1.83. The van der Waals surface area contributed by atoms with Crippen molar-refractivity contribution in [3.63, 3.8) is 0 Å². The molecule has 0 fully saturated rings. The molecule has 2 N–H and O–H groups in total. The Bertz CT molecular complexity index is 33.8. The molecule has 6 heavy (non-hydrogen) atoms. The number of carbonyl (C=O) groups is 1. The molecule has 0 radical (unpaired) electrons. The summed E-state index contributed by atoms with van der Waals surface area (Å²) in [5.41, 5.74) is 0. The van der Waals surface area contributed by atoms with Gasteiger partial charge >= 0.3 is 46.6 Å². The van der Waals surface area contributed by atoms with E-state index >= 15 is 0 Å². The molecule has 0 bridgehead atoms. The van der Waals surface area contributed by atoms with Gasteiger partial charge in [0.15, 0.2) is 0 Å². The molecule has 0 amide bonds. The molecule has 0 saturated heterocycles. The maximum Gasteiger partial charge on any atom is 3.00 e. The van der Waals surface area contributed by atoms with Crippen molar-refractivity contribution in [2.75, 3.05) is 0 Å². The summed E-state index contributed by atoms with van der Waals surface area (Å²) >= 11 is 0. The van der Waals surface area contributed by atoms with Gasteiger partial charge in [0.1, 0.15) is 0 Å². The quantitative estimate of drug-likeness (QED) is 0.415. The average molecular weight is 113 g/mol. The third-order valence-corrected chi connectivity index (χ3v) is 0. The van der Waals surface area contributed by atoms with E-state index in [9.17, 15) is 0 Å². The molecule has 24 valence electrons. The minimum Gasteiger partial charge on any atom is -0.450 e. The summed E-state index contributed by atoms with van der Waals surface area (Å²) in [6.45, 7) is 0. The van der Waals surface area contributed by atoms with Crippen molar-refractivity contribution in [1.82, 2.24) is 0 Å². The van der Waals surface area contributed by atoms with Crippen LogP contribution in [0.15, 0.2) is 0 Å². The molecule has 0 spiro atoms. The fourth-order valence-corrected chi connectivity index (χ4v) is 0. The maximum atomic E-state index is 8.56. The molecule has 0 aromatic heterocycles. The monoisotopic (exact) mass is 113 g/mol. The fourth-order valence-electron chi connectivity index (χ4n) is 0. The smallest absolute Gasteiger partial charge is 0.450 e. The zero-order valence-corrected chi connectivity index (χ0v) is 5.66. The molecule has 0 aromatic carbocycles. The summed E-state index contributed by atoms with van der Waals surface area (Å²) < 4.78 is 0. The minimum atomic E-state index is -1.83. The van der Waals surface area contributed by atoms with E-state index in [1.165, 1.54) is 0 Å². The molecular formula is CH2AlMgO3+5. The Morgan fingerprint density at radius 1 is 1.33 bits per heavy atom. The van der Waals surface area contributed by atoms with Crippen LogP contribution < -0.4 is 0 Å². The second kappa shape index (κ2) is 9.13. The van der Waals surface area contributed by atoms with Crippen molar-refractivity contribution >= 4 is 46.6 Å². The predicted octanol–water partition coefficient (Wildman–Crippen LogP) is -0.539. The molecule has 0 aliphatic carbocycles. The molecule has 0 rings (SSSR count). The zero-order chi connectivity index (χ0) is 3.58. The van der Waals surface area contributed by atoms with E-state index in [0.29, 0.717) is 0 Å². The molecule has 0 atom stereocenters. The second-order valence-electron chi connectivity index (χ2n) is 0.283. The van der Waals surface area contributed by atoms with Crippen LogP contribution in [0.1, 0.15) is 0 Å². The number of rotatable bonds is 0. The Hall–Kier alpha value is 0.569. The fraction of sp³-hybridized carbons (Fsp3) is 0. The van der Waals surface area contributed by atoms with E-state index in [0.717, 1.165) is 0 Å². The Morgan fingerprint density at radius 2 is 1.33 bits per heavy atom. The summed E-state index contributed by atoms with van der Waals surface area (Å²) in [5, 5.41) is 13.9. The van der Waals surface area contributed by atoms with Crippen LogP contribution in [-0.4, -0.2) is 56.8 Å². The van der Waals surface area contributed by atoms with Crippen LogP contribution in [0.3, 0.4) is 0 Å². The summed E-state index contributed by atoms with van der Waals surface area (Å²) in [6, 6.07) is 0. The molecule has 0 heterocycles. The zero-order valence-electron chi connectivity index (χ0n) is 3.09. The van der Waals surface area contributed by atoms with Gasteiger partial charge < -0.3 is 10.2 Å². The van der Waals surface area contributed by atoms with Crippen molar-refractivity contribution in [2.45, 2.75) is 0 Å². The average Bonchev–Trinajstić information content (AvgIpc) is 0.811. The van der Waals surface area contributed by atoms with Crippen LogP contribution in [-0.2, 0) is 0 Å². The molecule has 0 aliphatic rings. The Labute approximate surface area is 61.6 Å².